The summed E-state index contributed by atoms with van der Waals surface area (Å²) < 4.78 is 0. The molecule has 1 aromatic carbocycles. The molecule has 0 aliphatic rings. The molecule has 2 unspecified atom stereocenters. The Labute approximate surface area is 139 Å². The standard InChI is InChI=1S/C18H29N3O2/c1-10(2)13-7-14(11(3)4)17(15(8-13)12(5)6)18(23)16(22)9-20-21-19/h7-8,10-12,16,18,22-23H,9H2,1-6H3. The smallest absolute Gasteiger partial charge is 0.106 e. The van der Waals surface area contributed by atoms with Gasteiger partial charge in [-0.1, -0.05) is 58.8 Å². The van der Waals surface area contributed by atoms with Gasteiger partial charge in [0.2, 0.25) is 0 Å². The van der Waals surface area contributed by atoms with Gasteiger partial charge >= 0.3 is 0 Å². The Morgan fingerprint density at radius 2 is 1.43 bits per heavy atom. The van der Waals surface area contributed by atoms with E-state index in [0.29, 0.717) is 5.92 Å². The van der Waals surface area contributed by atoms with Crippen LogP contribution in [0.2, 0.25) is 0 Å². The fraction of sp³-hybridized carbons (Fsp3) is 0.667. The molecule has 23 heavy (non-hydrogen) atoms. The summed E-state index contributed by atoms with van der Waals surface area (Å²) in [5.41, 5.74) is 12.5. The lowest BCUT2D eigenvalue weighted by Gasteiger charge is -2.28. The van der Waals surface area contributed by atoms with E-state index in [0.717, 1.165) is 16.7 Å². The second-order valence-corrected chi connectivity index (χ2v) is 7.00. The molecule has 0 radical (unpaired) electrons. The summed E-state index contributed by atoms with van der Waals surface area (Å²) in [6.45, 7) is 12.5. The molecule has 128 valence electrons. The highest BCUT2D eigenvalue weighted by Crippen LogP contribution is 2.36. The molecule has 1 aromatic rings. The molecule has 5 heteroatoms. The second-order valence-electron chi connectivity index (χ2n) is 7.00. The minimum Gasteiger partial charge on any atom is -0.390 e. The highest BCUT2D eigenvalue weighted by molar-refractivity contribution is 5.45. The number of nitrogens with zero attached hydrogens (tertiary/aromatic N) is 3. The van der Waals surface area contributed by atoms with Gasteiger partial charge in [-0.2, -0.15) is 0 Å². The van der Waals surface area contributed by atoms with Crippen LogP contribution in [0.5, 0.6) is 0 Å². The van der Waals surface area contributed by atoms with Crippen LogP contribution in [0.25, 0.3) is 10.4 Å². The topological polar surface area (TPSA) is 89.2 Å². The van der Waals surface area contributed by atoms with E-state index in [9.17, 15) is 10.2 Å². The van der Waals surface area contributed by atoms with Crippen LogP contribution in [0.3, 0.4) is 0 Å². The van der Waals surface area contributed by atoms with Gasteiger partial charge in [0, 0.05) is 4.91 Å². The fourth-order valence-electron chi connectivity index (χ4n) is 2.77. The first-order valence-corrected chi connectivity index (χ1v) is 8.25. The number of aliphatic hydroxyl groups excluding tert-OH is 2. The van der Waals surface area contributed by atoms with Crippen molar-refractivity contribution in [3.05, 3.63) is 44.8 Å². The lowest BCUT2D eigenvalue weighted by atomic mass is 9.81. The Hall–Kier alpha value is -1.55. The third-order valence-corrected chi connectivity index (χ3v) is 4.17. The minimum atomic E-state index is -1.11. The van der Waals surface area contributed by atoms with Gasteiger partial charge in [-0.05, 0) is 45.5 Å². The van der Waals surface area contributed by atoms with Gasteiger partial charge in [0.25, 0.3) is 0 Å². The van der Waals surface area contributed by atoms with Gasteiger partial charge in [-0.25, -0.2) is 0 Å². The third-order valence-electron chi connectivity index (χ3n) is 4.17. The summed E-state index contributed by atoms with van der Waals surface area (Å²) >= 11 is 0. The number of benzene rings is 1. The van der Waals surface area contributed by atoms with E-state index >= 15 is 0 Å². The van der Waals surface area contributed by atoms with E-state index < -0.39 is 12.2 Å². The SMILES string of the molecule is CC(C)c1cc(C(C)C)c(C(O)C(O)CN=[N+]=[N-])c(C(C)C)c1. The van der Waals surface area contributed by atoms with E-state index in [1.54, 1.807) is 0 Å². The first-order valence-electron chi connectivity index (χ1n) is 8.25. The molecule has 0 saturated heterocycles. The first kappa shape index (κ1) is 19.5. The second kappa shape index (κ2) is 8.34. The lowest BCUT2D eigenvalue weighted by Crippen LogP contribution is -2.24. The average Bonchev–Trinajstić information content (AvgIpc) is 2.50. The molecule has 0 aliphatic heterocycles. The quantitative estimate of drug-likeness (QED) is 0.431. The van der Waals surface area contributed by atoms with Crippen LogP contribution in [-0.4, -0.2) is 22.9 Å². The summed E-state index contributed by atoms with van der Waals surface area (Å²) in [7, 11) is 0. The van der Waals surface area contributed by atoms with E-state index in [2.05, 4.69) is 63.7 Å². The van der Waals surface area contributed by atoms with Crippen LogP contribution in [0.4, 0.5) is 0 Å². The summed E-state index contributed by atoms with van der Waals surface area (Å²) in [4.78, 5) is 2.66. The van der Waals surface area contributed by atoms with Crippen molar-refractivity contribution in [1.29, 1.82) is 0 Å². The van der Waals surface area contributed by atoms with Crippen LogP contribution in [-0.2, 0) is 0 Å². The Morgan fingerprint density at radius 1 is 0.957 bits per heavy atom. The van der Waals surface area contributed by atoms with Crippen LogP contribution in [0, 0.1) is 0 Å². The zero-order valence-corrected chi connectivity index (χ0v) is 15.0. The van der Waals surface area contributed by atoms with Crippen LogP contribution < -0.4 is 0 Å². The monoisotopic (exact) mass is 319 g/mol. The molecule has 5 nitrogen and oxygen atoms in total. The van der Waals surface area contributed by atoms with E-state index in [-0.39, 0.29) is 18.4 Å². The predicted molar refractivity (Wildman–Crippen MR) is 93.7 cm³/mol. The van der Waals surface area contributed by atoms with Gasteiger partial charge in [0.05, 0.1) is 12.6 Å². The molecule has 0 amide bonds. The first-order chi connectivity index (χ1) is 10.7. The largest absolute Gasteiger partial charge is 0.390 e. The Kier molecular flexibility index (Phi) is 7.07. The number of hydrogen-bond donors (Lipinski definition) is 2. The molecule has 0 saturated carbocycles. The zero-order valence-electron chi connectivity index (χ0n) is 15.0. The number of hydrogen-bond acceptors (Lipinski definition) is 3. The van der Waals surface area contributed by atoms with E-state index in [1.165, 1.54) is 5.56 Å². The predicted octanol–water partition coefficient (Wildman–Crippen LogP) is 4.76. The maximum absolute atomic E-state index is 10.7. The van der Waals surface area contributed by atoms with Crippen LogP contribution in [0.15, 0.2) is 17.2 Å². The molecule has 0 bridgehead atoms. The summed E-state index contributed by atoms with van der Waals surface area (Å²) in [6.07, 6.45) is -2.16. The summed E-state index contributed by atoms with van der Waals surface area (Å²) in [5, 5.41) is 24.2. The minimum absolute atomic E-state index is 0.140. The van der Waals surface area contributed by atoms with Gasteiger partial charge in [0.1, 0.15) is 6.10 Å². The Balaban J connectivity index is 3.50. The van der Waals surface area contributed by atoms with Gasteiger partial charge in [-0.15, -0.1) is 0 Å². The van der Waals surface area contributed by atoms with Crippen molar-refractivity contribution in [3.8, 4) is 0 Å². The lowest BCUT2D eigenvalue weighted by molar-refractivity contribution is 0.0230. The maximum atomic E-state index is 10.7. The molecule has 2 atom stereocenters. The van der Waals surface area contributed by atoms with Gasteiger partial charge in [-0.3, -0.25) is 0 Å². The zero-order chi connectivity index (χ0) is 17.7. The molecule has 2 N–H and O–H groups in total. The maximum Gasteiger partial charge on any atom is 0.106 e. The van der Waals surface area contributed by atoms with Crippen molar-refractivity contribution in [2.24, 2.45) is 5.11 Å². The van der Waals surface area contributed by atoms with Crippen molar-refractivity contribution in [2.75, 3.05) is 6.54 Å². The number of azide groups is 1. The Morgan fingerprint density at radius 3 is 1.78 bits per heavy atom. The number of rotatable bonds is 7. The van der Waals surface area contributed by atoms with E-state index in [1.807, 2.05) is 0 Å². The summed E-state index contributed by atoms with van der Waals surface area (Å²) in [5.74, 6) is 0.842. The summed E-state index contributed by atoms with van der Waals surface area (Å²) in [6, 6.07) is 4.25. The average molecular weight is 319 g/mol. The molecule has 0 aromatic heterocycles. The van der Waals surface area contributed by atoms with Crippen molar-refractivity contribution in [1.82, 2.24) is 0 Å². The Bertz CT molecular complexity index is 547. The molecular formula is C18H29N3O2. The van der Waals surface area contributed by atoms with Crippen molar-refractivity contribution < 1.29 is 10.2 Å². The fourth-order valence-corrected chi connectivity index (χ4v) is 2.77. The molecular weight excluding hydrogens is 290 g/mol. The van der Waals surface area contributed by atoms with Crippen molar-refractivity contribution >= 4 is 0 Å². The number of aliphatic hydroxyl groups is 2. The van der Waals surface area contributed by atoms with E-state index in [4.69, 9.17) is 5.53 Å². The van der Waals surface area contributed by atoms with Gasteiger partial charge < -0.3 is 10.2 Å². The van der Waals surface area contributed by atoms with Crippen LogP contribution in [0.1, 0.15) is 87.7 Å². The van der Waals surface area contributed by atoms with Crippen LogP contribution >= 0.6 is 0 Å². The van der Waals surface area contributed by atoms with Crippen molar-refractivity contribution in [3.63, 3.8) is 0 Å². The molecule has 0 heterocycles. The normalized spacial score (nSPS) is 14.2. The molecule has 0 fully saturated rings. The third kappa shape index (κ3) is 4.71. The van der Waals surface area contributed by atoms with Gasteiger partial charge in [0.15, 0.2) is 0 Å². The highest BCUT2D eigenvalue weighted by Gasteiger charge is 2.26. The van der Waals surface area contributed by atoms with Crippen molar-refractivity contribution in [2.45, 2.75) is 71.5 Å². The molecule has 0 aliphatic carbocycles. The molecule has 0 spiro atoms. The highest BCUT2D eigenvalue weighted by atomic mass is 16.3. The molecule has 1 rings (SSSR count).